The van der Waals surface area contributed by atoms with Gasteiger partial charge in [0.1, 0.15) is 31.0 Å². The molecule has 0 saturated heterocycles. The Morgan fingerprint density at radius 1 is 0.828 bits per heavy atom. The standard InChI is InChI=1S/C46H54N4O8/c1-32(24-42(46(55)58-31-35-17-10-5-11-18-35)50(2)44(52)40(48)27-39(51)28-47)23-36(19-12-22-56-29-33-13-6-3-7-14-33)37-20-21-43(38(25-37)26-41(49)45(53)54)57-30-34-15-8-4-9-16-34/h3-21,23,25,39-42,51H,1,22,24,26-31,47-49H2,2H3,(H,53,54)/b19-12-,36-23+/t39?,40-,41?,42?/m0/s1. The van der Waals surface area contributed by atoms with Crippen molar-refractivity contribution in [3.05, 3.63) is 167 Å². The van der Waals surface area contributed by atoms with Gasteiger partial charge in [0.25, 0.3) is 0 Å². The van der Waals surface area contributed by atoms with Crippen LogP contribution in [0.2, 0.25) is 0 Å². The van der Waals surface area contributed by atoms with Gasteiger partial charge in [0.05, 0.1) is 25.4 Å². The van der Waals surface area contributed by atoms with E-state index in [2.05, 4.69) is 6.58 Å². The Bertz CT molecular complexity index is 1990. The molecule has 0 bridgehead atoms. The second-order valence-corrected chi connectivity index (χ2v) is 13.9. The zero-order valence-electron chi connectivity index (χ0n) is 32.8. The van der Waals surface area contributed by atoms with Gasteiger partial charge >= 0.3 is 11.9 Å². The Labute approximate surface area is 340 Å². The molecule has 0 radical (unpaired) electrons. The number of hydrogen-bond donors (Lipinski definition) is 5. The van der Waals surface area contributed by atoms with E-state index < -0.39 is 42.1 Å². The molecule has 0 aliphatic heterocycles. The summed E-state index contributed by atoms with van der Waals surface area (Å²) in [5.74, 6) is -1.92. The fourth-order valence-corrected chi connectivity index (χ4v) is 5.98. The average Bonchev–Trinajstić information content (AvgIpc) is 3.24. The summed E-state index contributed by atoms with van der Waals surface area (Å²) >= 11 is 0. The molecule has 58 heavy (non-hydrogen) atoms. The van der Waals surface area contributed by atoms with Gasteiger partial charge < -0.3 is 46.5 Å². The van der Waals surface area contributed by atoms with Crippen LogP contribution in [0.15, 0.2) is 140 Å². The highest BCUT2D eigenvalue weighted by atomic mass is 16.5. The van der Waals surface area contributed by atoms with Crippen LogP contribution in [0.3, 0.4) is 0 Å². The quantitative estimate of drug-likeness (QED) is 0.0388. The van der Waals surface area contributed by atoms with E-state index in [1.165, 1.54) is 11.9 Å². The molecule has 0 spiro atoms. The lowest BCUT2D eigenvalue weighted by atomic mass is 9.95. The number of ether oxygens (including phenoxy) is 3. The molecule has 0 saturated carbocycles. The van der Waals surface area contributed by atoms with Crippen LogP contribution in [0.25, 0.3) is 5.57 Å². The zero-order chi connectivity index (χ0) is 41.9. The molecule has 4 aromatic carbocycles. The van der Waals surface area contributed by atoms with Crippen molar-refractivity contribution in [1.29, 1.82) is 0 Å². The normalized spacial score (nSPS) is 13.6. The number of likely N-dealkylation sites (N-methyl/N-ethyl adjacent to an activating group) is 1. The van der Waals surface area contributed by atoms with Crippen LogP contribution in [-0.2, 0) is 50.1 Å². The van der Waals surface area contributed by atoms with Crippen LogP contribution in [0.1, 0.15) is 40.7 Å². The van der Waals surface area contributed by atoms with Crippen LogP contribution >= 0.6 is 0 Å². The highest BCUT2D eigenvalue weighted by Crippen LogP contribution is 2.29. The smallest absolute Gasteiger partial charge is 0.329 e. The van der Waals surface area contributed by atoms with Gasteiger partial charge in [-0.2, -0.15) is 0 Å². The van der Waals surface area contributed by atoms with Crippen molar-refractivity contribution in [2.45, 2.75) is 63.3 Å². The first kappa shape index (κ1) is 44.8. The number of nitrogens with two attached hydrogens (primary N) is 3. The largest absolute Gasteiger partial charge is 0.489 e. The summed E-state index contributed by atoms with van der Waals surface area (Å²) in [6.45, 7) is 5.11. The van der Waals surface area contributed by atoms with Gasteiger partial charge in [0.15, 0.2) is 0 Å². The van der Waals surface area contributed by atoms with Crippen molar-refractivity contribution in [2.24, 2.45) is 17.2 Å². The topological polar surface area (TPSA) is 201 Å². The van der Waals surface area contributed by atoms with Crippen molar-refractivity contribution in [2.75, 3.05) is 20.2 Å². The van der Waals surface area contributed by atoms with Crippen LogP contribution in [-0.4, -0.2) is 77.4 Å². The summed E-state index contributed by atoms with van der Waals surface area (Å²) in [5, 5.41) is 19.8. The van der Waals surface area contributed by atoms with E-state index in [1.807, 2.05) is 115 Å². The van der Waals surface area contributed by atoms with Gasteiger partial charge in [-0.05, 0) is 51.9 Å². The van der Waals surface area contributed by atoms with Gasteiger partial charge in [-0.3, -0.25) is 9.59 Å². The summed E-state index contributed by atoms with van der Waals surface area (Å²) in [7, 11) is 1.46. The number of allylic oxidation sites excluding steroid dienone is 3. The summed E-state index contributed by atoms with van der Waals surface area (Å²) in [6.07, 6.45) is 4.34. The molecule has 4 atom stereocenters. The summed E-state index contributed by atoms with van der Waals surface area (Å²) in [4.78, 5) is 40.3. The average molecular weight is 791 g/mol. The number of esters is 1. The number of nitrogens with zero attached hydrogens (tertiary/aromatic N) is 1. The number of carbonyl (C=O) groups is 3. The van der Waals surface area contributed by atoms with Crippen molar-refractivity contribution >= 4 is 23.4 Å². The number of benzene rings is 4. The number of carboxylic acids is 1. The lowest BCUT2D eigenvalue weighted by Gasteiger charge is -2.29. The second-order valence-electron chi connectivity index (χ2n) is 13.9. The van der Waals surface area contributed by atoms with Crippen molar-refractivity contribution in [1.82, 2.24) is 4.90 Å². The van der Waals surface area contributed by atoms with Gasteiger partial charge in [0, 0.05) is 26.4 Å². The van der Waals surface area contributed by atoms with E-state index in [1.54, 1.807) is 12.1 Å². The van der Waals surface area contributed by atoms with E-state index in [9.17, 15) is 24.6 Å². The summed E-state index contributed by atoms with van der Waals surface area (Å²) in [6, 6.07) is 30.5. The Hall–Kier alpha value is -5.89. The second kappa shape index (κ2) is 23.4. The van der Waals surface area contributed by atoms with Gasteiger partial charge in [-0.1, -0.05) is 127 Å². The van der Waals surface area contributed by atoms with E-state index in [0.717, 1.165) is 16.7 Å². The Morgan fingerprint density at radius 3 is 2.00 bits per heavy atom. The molecule has 12 nitrogen and oxygen atoms in total. The minimum absolute atomic E-state index is 0.00717. The Kier molecular flexibility index (Phi) is 18.1. The van der Waals surface area contributed by atoms with E-state index in [-0.39, 0.29) is 45.6 Å². The third kappa shape index (κ3) is 14.6. The number of carboxylic acid groups (broad SMARTS) is 1. The molecular weight excluding hydrogens is 737 g/mol. The predicted octanol–water partition coefficient (Wildman–Crippen LogP) is 4.93. The molecule has 0 heterocycles. The summed E-state index contributed by atoms with van der Waals surface area (Å²) in [5.41, 5.74) is 22.9. The molecule has 3 unspecified atom stereocenters. The van der Waals surface area contributed by atoms with E-state index in [0.29, 0.717) is 34.6 Å². The minimum Gasteiger partial charge on any atom is -0.489 e. The minimum atomic E-state index is -1.19. The molecule has 12 heteroatoms. The third-order valence-corrected chi connectivity index (χ3v) is 9.25. The Balaban J connectivity index is 1.67. The van der Waals surface area contributed by atoms with Gasteiger partial charge in [0.2, 0.25) is 5.91 Å². The number of aliphatic carboxylic acids is 1. The Morgan fingerprint density at radius 2 is 1.41 bits per heavy atom. The van der Waals surface area contributed by atoms with Crippen LogP contribution in [0.5, 0.6) is 5.75 Å². The lowest BCUT2D eigenvalue weighted by Crippen LogP contribution is -2.51. The lowest BCUT2D eigenvalue weighted by molar-refractivity contribution is -0.155. The number of aliphatic hydroxyl groups excluding tert-OH is 1. The molecule has 0 aliphatic carbocycles. The molecular formula is C46H54N4O8. The number of hydrogen-bond acceptors (Lipinski definition) is 10. The van der Waals surface area contributed by atoms with Gasteiger partial charge in [-0.25, -0.2) is 4.79 Å². The fraction of sp³-hybridized carbons (Fsp3) is 0.283. The van der Waals surface area contributed by atoms with E-state index in [4.69, 9.17) is 31.4 Å². The number of rotatable bonds is 23. The highest BCUT2D eigenvalue weighted by Gasteiger charge is 2.32. The first-order valence-corrected chi connectivity index (χ1v) is 19.0. The monoisotopic (exact) mass is 790 g/mol. The maximum absolute atomic E-state index is 13.7. The molecule has 4 rings (SSSR count). The molecule has 4 aromatic rings. The predicted molar refractivity (Wildman–Crippen MR) is 224 cm³/mol. The van der Waals surface area contributed by atoms with Gasteiger partial charge in [-0.15, -0.1) is 0 Å². The third-order valence-electron chi connectivity index (χ3n) is 9.25. The van der Waals surface area contributed by atoms with Crippen LogP contribution in [0, 0.1) is 0 Å². The maximum Gasteiger partial charge on any atom is 0.329 e. The highest BCUT2D eigenvalue weighted by molar-refractivity contribution is 5.88. The molecule has 0 aromatic heterocycles. The SMILES string of the molecule is C=C(/C=C(\C=C/COCc1ccccc1)c1ccc(OCc2ccccc2)c(CC(N)C(=O)O)c1)CC(C(=O)OCc1ccccc1)N(C)C(=O)[C@@H](N)CC(O)CN. The van der Waals surface area contributed by atoms with Crippen LogP contribution in [0.4, 0.5) is 0 Å². The number of amides is 1. The maximum atomic E-state index is 13.7. The first-order valence-electron chi connectivity index (χ1n) is 19.0. The number of aliphatic hydroxyl groups is 1. The van der Waals surface area contributed by atoms with Crippen molar-refractivity contribution in [3.63, 3.8) is 0 Å². The number of carbonyl (C=O) groups excluding carboxylic acids is 2. The molecule has 8 N–H and O–H groups in total. The van der Waals surface area contributed by atoms with Crippen LogP contribution < -0.4 is 21.9 Å². The van der Waals surface area contributed by atoms with Crippen molar-refractivity contribution < 1.29 is 38.8 Å². The summed E-state index contributed by atoms with van der Waals surface area (Å²) < 4.78 is 17.8. The molecule has 0 fully saturated rings. The molecule has 306 valence electrons. The van der Waals surface area contributed by atoms with E-state index >= 15 is 0 Å². The fourth-order valence-electron chi connectivity index (χ4n) is 5.98. The van der Waals surface area contributed by atoms with Crippen molar-refractivity contribution in [3.8, 4) is 5.75 Å². The molecule has 1 amide bonds. The first-order chi connectivity index (χ1) is 27.9. The zero-order valence-corrected chi connectivity index (χ0v) is 32.8. The molecule has 0 aliphatic rings.